The number of hydrogen-bond acceptors (Lipinski definition) is 5. The Labute approximate surface area is 145 Å². The summed E-state index contributed by atoms with van der Waals surface area (Å²) in [4.78, 5) is 17.4. The maximum Gasteiger partial charge on any atom is 0.196 e. The van der Waals surface area contributed by atoms with Gasteiger partial charge in [-0.25, -0.2) is 4.98 Å². The van der Waals surface area contributed by atoms with Crippen LogP contribution in [0.2, 0.25) is 0 Å². The van der Waals surface area contributed by atoms with Crippen LogP contribution in [-0.4, -0.2) is 33.5 Å². The second-order valence-corrected chi connectivity index (χ2v) is 6.22. The van der Waals surface area contributed by atoms with Crippen LogP contribution in [0, 0.1) is 6.92 Å². The number of aryl methyl sites for hydroxylation is 1. The summed E-state index contributed by atoms with van der Waals surface area (Å²) in [5, 5.41) is 13.8. The first-order chi connectivity index (χ1) is 12.1. The average molecular weight is 337 g/mol. The molecule has 2 aromatic heterocycles. The van der Waals surface area contributed by atoms with Gasteiger partial charge in [0.2, 0.25) is 0 Å². The summed E-state index contributed by atoms with van der Waals surface area (Å²) in [7, 11) is 1.63. The topological polar surface area (TPSA) is 75.9 Å². The van der Waals surface area contributed by atoms with E-state index in [1.807, 2.05) is 47.9 Å². The molecule has 0 aliphatic carbocycles. The van der Waals surface area contributed by atoms with E-state index in [0.717, 1.165) is 17.0 Å². The molecule has 3 aromatic rings. The number of methoxy groups -OCH3 is 1. The van der Waals surface area contributed by atoms with E-state index < -0.39 is 12.1 Å². The number of ether oxygens (including phenoxy) is 1. The zero-order chi connectivity index (χ0) is 17.6. The monoisotopic (exact) mass is 337 g/mol. The molecule has 6 heteroatoms. The van der Waals surface area contributed by atoms with Gasteiger partial charge in [0.25, 0.3) is 0 Å². The largest absolute Gasteiger partial charge is 0.382 e. The number of aliphatic hydroxyl groups excluding tert-OH is 1. The van der Waals surface area contributed by atoms with Gasteiger partial charge in [-0.3, -0.25) is 4.79 Å². The average Bonchev–Trinajstić information content (AvgIpc) is 2.95. The van der Waals surface area contributed by atoms with E-state index in [0.29, 0.717) is 23.5 Å². The van der Waals surface area contributed by atoms with Gasteiger partial charge in [0.05, 0.1) is 24.0 Å². The number of ketones is 1. The predicted octanol–water partition coefficient (Wildman–Crippen LogP) is 2.50. The number of fused-ring (bicyclic) bond motifs is 3. The summed E-state index contributed by atoms with van der Waals surface area (Å²) in [6.07, 6.45) is 0.678. The number of aliphatic hydroxyl groups is 1. The molecule has 0 bridgehead atoms. The molecule has 0 fully saturated rings. The molecule has 1 aliphatic rings. The molecular weight excluding hydrogens is 318 g/mol. The first-order valence-corrected chi connectivity index (χ1v) is 8.15. The Morgan fingerprint density at radius 3 is 2.76 bits per heavy atom. The second kappa shape index (κ2) is 5.98. The zero-order valence-corrected chi connectivity index (χ0v) is 14.1. The van der Waals surface area contributed by atoms with Crippen molar-refractivity contribution >= 4 is 17.1 Å². The number of pyridine rings is 1. The molecule has 0 amide bonds. The van der Waals surface area contributed by atoms with Gasteiger partial charge in [0.15, 0.2) is 11.4 Å². The number of hydrogen-bond donors (Lipinski definition) is 2. The lowest BCUT2D eigenvalue weighted by Crippen LogP contribution is -2.38. The first-order valence-electron chi connectivity index (χ1n) is 8.15. The number of Topliss-reactive ketones (excluding diaryl/α,β-unsaturated/α-hetero) is 1. The number of carbonyl (C=O) groups is 1. The highest BCUT2D eigenvalue weighted by Gasteiger charge is 2.36. The van der Waals surface area contributed by atoms with Crippen molar-refractivity contribution in [3.63, 3.8) is 0 Å². The third kappa shape index (κ3) is 2.42. The first kappa shape index (κ1) is 15.8. The van der Waals surface area contributed by atoms with Crippen molar-refractivity contribution in [3.05, 3.63) is 65.1 Å². The molecule has 2 atom stereocenters. The maximum absolute atomic E-state index is 12.7. The normalized spacial score (nSPS) is 19.7. The van der Waals surface area contributed by atoms with Crippen molar-refractivity contribution < 1.29 is 14.6 Å². The Kier molecular flexibility index (Phi) is 3.78. The summed E-state index contributed by atoms with van der Waals surface area (Å²) < 4.78 is 7.15. The lowest BCUT2D eigenvalue weighted by atomic mass is 9.90. The molecule has 1 aromatic carbocycles. The molecule has 128 valence electrons. The number of benzene rings is 1. The van der Waals surface area contributed by atoms with Crippen LogP contribution in [0.1, 0.15) is 33.4 Å². The number of anilines is 1. The number of nitrogens with zero attached hydrogens (tertiary/aromatic N) is 2. The maximum atomic E-state index is 12.7. The van der Waals surface area contributed by atoms with E-state index in [-0.39, 0.29) is 5.78 Å². The Balaban J connectivity index is 1.88. The van der Waals surface area contributed by atoms with Gasteiger partial charge in [-0.05, 0) is 18.6 Å². The minimum atomic E-state index is -1.13. The number of aromatic nitrogens is 2. The van der Waals surface area contributed by atoms with Gasteiger partial charge < -0.3 is 19.6 Å². The molecule has 0 unspecified atom stereocenters. The fourth-order valence-electron chi connectivity index (χ4n) is 3.36. The lowest BCUT2D eigenvalue weighted by molar-refractivity contribution is 0.0695. The van der Waals surface area contributed by atoms with E-state index in [2.05, 4.69) is 10.3 Å². The van der Waals surface area contributed by atoms with Crippen LogP contribution in [0.25, 0.3) is 5.65 Å². The Morgan fingerprint density at radius 2 is 2.04 bits per heavy atom. The minimum Gasteiger partial charge on any atom is -0.382 e. The van der Waals surface area contributed by atoms with E-state index in [1.165, 1.54) is 0 Å². The van der Waals surface area contributed by atoms with Crippen molar-refractivity contribution in [2.45, 2.75) is 25.7 Å². The Morgan fingerprint density at radius 1 is 1.28 bits per heavy atom. The minimum absolute atomic E-state index is 0.293. The van der Waals surface area contributed by atoms with Crippen LogP contribution in [0.3, 0.4) is 0 Å². The highest BCUT2D eigenvalue weighted by Crippen LogP contribution is 2.36. The second-order valence-electron chi connectivity index (χ2n) is 6.22. The van der Waals surface area contributed by atoms with Crippen LogP contribution in [0.5, 0.6) is 0 Å². The number of nitrogens with one attached hydrogen (secondary N) is 1. The third-order valence-corrected chi connectivity index (χ3v) is 4.72. The van der Waals surface area contributed by atoms with Crippen LogP contribution in [0.4, 0.5) is 5.69 Å². The van der Waals surface area contributed by atoms with Gasteiger partial charge in [-0.2, -0.15) is 0 Å². The van der Waals surface area contributed by atoms with Crippen molar-refractivity contribution in [1.82, 2.24) is 9.38 Å². The van der Waals surface area contributed by atoms with Crippen LogP contribution in [-0.2, 0) is 11.3 Å². The molecule has 0 saturated heterocycles. The van der Waals surface area contributed by atoms with Crippen molar-refractivity contribution in [2.24, 2.45) is 0 Å². The lowest BCUT2D eigenvalue weighted by Gasteiger charge is -2.31. The van der Waals surface area contributed by atoms with Crippen molar-refractivity contribution in [1.29, 1.82) is 0 Å². The van der Waals surface area contributed by atoms with Crippen LogP contribution >= 0.6 is 0 Å². The summed E-state index contributed by atoms with van der Waals surface area (Å²) in [6, 6.07) is 10.7. The van der Waals surface area contributed by atoms with Gasteiger partial charge >= 0.3 is 0 Å². The molecule has 0 spiro atoms. The Bertz CT molecular complexity index is 949. The third-order valence-electron chi connectivity index (χ3n) is 4.72. The summed E-state index contributed by atoms with van der Waals surface area (Å²) >= 11 is 0. The highest BCUT2D eigenvalue weighted by atomic mass is 16.5. The summed E-state index contributed by atoms with van der Waals surface area (Å²) in [5.41, 5.74) is 4.43. The van der Waals surface area contributed by atoms with Gasteiger partial charge in [0, 0.05) is 24.6 Å². The van der Waals surface area contributed by atoms with E-state index in [4.69, 9.17) is 4.74 Å². The Hall–Kier alpha value is -2.70. The summed E-state index contributed by atoms with van der Waals surface area (Å²) in [5.74, 6) is -0.293. The molecule has 0 radical (unpaired) electrons. The van der Waals surface area contributed by atoms with E-state index in [1.54, 1.807) is 13.2 Å². The molecule has 4 rings (SSSR count). The molecule has 6 nitrogen and oxygen atoms in total. The number of rotatable bonds is 3. The zero-order valence-electron chi connectivity index (χ0n) is 14.1. The SMILES string of the molecule is COCc1nc2c3c(ccn2c1C)C(=O)[C@H](O)[C@@H](c1ccccc1)N3. The van der Waals surface area contributed by atoms with Crippen LogP contribution in [0.15, 0.2) is 42.6 Å². The smallest absolute Gasteiger partial charge is 0.196 e. The summed E-state index contributed by atoms with van der Waals surface area (Å²) in [6.45, 7) is 2.37. The molecule has 3 heterocycles. The fraction of sp³-hybridized carbons (Fsp3) is 0.263. The van der Waals surface area contributed by atoms with Gasteiger partial charge in [0.1, 0.15) is 6.10 Å². The molecular formula is C19H19N3O3. The molecule has 0 saturated carbocycles. The predicted molar refractivity (Wildman–Crippen MR) is 93.8 cm³/mol. The van der Waals surface area contributed by atoms with Gasteiger partial charge in [-0.1, -0.05) is 30.3 Å². The van der Waals surface area contributed by atoms with Crippen molar-refractivity contribution in [3.8, 4) is 0 Å². The van der Waals surface area contributed by atoms with E-state index >= 15 is 0 Å². The highest BCUT2D eigenvalue weighted by molar-refractivity contribution is 6.09. The van der Waals surface area contributed by atoms with Crippen molar-refractivity contribution in [2.75, 3.05) is 12.4 Å². The van der Waals surface area contributed by atoms with Crippen LogP contribution < -0.4 is 5.32 Å². The molecule has 25 heavy (non-hydrogen) atoms. The van der Waals surface area contributed by atoms with E-state index in [9.17, 15) is 9.90 Å². The fourth-order valence-corrected chi connectivity index (χ4v) is 3.36. The quantitative estimate of drug-likeness (QED) is 0.768. The number of carbonyl (C=O) groups excluding carboxylic acids is 1. The van der Waals surface area contributed by atoms with Gasteiger partial charge in [-0.15, -0.1) is 0 Å². The molecule has 1 aliphatic heterocycles. The number of imidazole rings is 1. The standard InChI is InChI=1S/C19H19N3O3/c1-11-14(10-25-2)20-19-16-13(8-9-22(11)19)17(23)18(24)15(21-16)12-6-4-3-5-7-12/h3-9,15,18,21,24H,10H2,1-2H3/t15-,18-/m1/s1. The molecule has 2 N–H and O–H groups in total.